The highest BCUT2D eigenvalue weighted by molar-refractivity contribution is 5.43. The standard InChI is InChI=1S/C23H23NO/c25-21-12-11-20-13-14-24(16-18-7-3-1-4-8-18)17-23(22(20)15-21)19-9-5-2-6-10-19/h1-12,15,23,25H,13-14,16-17H2. The van der Waals surface area contributed by atoms with Crippen LogP contribution in [0.25, 0.3) is 0 Å². The maximum absolute atomic E-state index is 10.0. The van der Waals surface area contributed by atoms with Gasteiger partial charge in [-0.2, -0.15) is 0 Å². The molecule has 4 rings (SSSR count). The number of aromatic hydroxyl groups is 1. The van der Waals surface area contributed by atoms with Crippen molar-refractivity contribution in [3.05, 3.63) is 101 Å². The largest absolute Gasteiger partial charge is 0.508 e. The second kappa shape index (κ2) is 7.12. The van der Waals surface area contributed by atoms with Gasteiger partial charge in [0.2, 0.25) is 0 Å². The Morgan fingerprint density at radius 2 is 1.60 bits per heavy atom. The smallest absolute Gasteiger partial charge is 0.115 e. The highest BCUT2D eigenvalue weighted by atomic mass is 16.3. The van der Waals surface area contributed by atoms with Crippen LogP contribution in [-0.2, 0) is 13.0 Å². The predicted octanol–water partition coefficient (Wildman–Crippen LogP) is 4.58. The third-order valence-corrected chi connectivity index (χ3v) is 5.09. The number of hydrogen-bond donors (Lipinski definition) is 1. The highest BCUT2D eigenvalue weighted by Gasteiger charge is 2.24. The van der Waals surface area contributed by atoms with E-state index in [1.165, 1.54) is 22.3 Å². The van der Waals surface area contributed by atoms with Gasteiger partial charge in [0, 0.05) is 25.6 Å². The summed E-state index contributed by atoms with van der Waals surface area (Å²) < 4.78 is 0. The van der Waals surface area contributed by atoms with Crippen LogP contribution in [-0.4, -0.2) is 23.1 Å². The molecule has 0 saturated heterocycles. The Hall–Kier alpha value is -2.58. The van der Waals surface area contributed by atoms with Gasteiger partial charge in [-0.1, -0.05) is 66.7 Å². The topological polar surface area (TPSA) is 23.5 Å². The van der Waals surface area contributed by atoms with Crippen LogP contribution < -0.4 is 0 Å². The average Bonchev–Trinajstić information content (AvgIpc) is 2.83. The van der Waals surface area contributed by atoms with Gasteiger partial charge in [-0.15, -0.1) is 0 Å². The van der Waals surface area contributed by atoms with Gasteiger partial charge in [0.25, 0.3) is 0 Å². The van der Waals surface area contributed by atoms with E-state index in [4.69, 9.17) is 0 Å². The van der Waals surface area contributed by atoms with Crippen LogP contribution in [0.4, 0.5) is 0 Å². The van der Waals surface area contributed by atoms with E-state index in [2.05, 4.69) is 71.6 Å². The first kappa shape index (κ1) is 15.9. The number of hydrogen-bond acceptors (Lipinski definition) is 2. The molecule has 1 atom stereocenters. The summed E-state index contributed by atoms with van der Waals surface area (Å²) in [7, 11) is 0. The second-order valence-corrected chi connectivity index (χ2v) is 6.82. The van der Waals surface area contributed by atoms with Crippen LogP contribution in [0.3, 0.4) is 0 Å². The normalized spacial score (nSPS) is 17.7. The van der Waals surface area contributed by atoms with Crippen LogP contribution in [0, 0.1) is 0 Å². The Labute approximate surface area is 149 Å². The second-order valence-electron chi connectivity index (χ2n) is 6.82. The third kappa shape index (κ3) is 3.59. The van der Waals surface area contributed by atoms with Crippen molar-refractivity contribution in [2.45, 2.75) is 18.9 Å². The first-order valence-corrected chi connectivity index (χ1v) is 8.92. The minimum absolute atomic E-state index is 0.287. The number of nitrogens with zero attached hydrogens (tertiary/aromatic N) is 1. The van der Waals surface area contributed by atoms with Gasteiger partial charge in [-0.25, -0.2) is 0 Å². The van der Waals surface area contributed by atoms with Crippen molar-refractivity contribution in [2.75, 3.05) is 13.1 Å². The molecular formula is C23H23NO. The van der Waals surface area contributed by atoms with E-state index in [1.807, 2.05) is 12.1 Å². The lowest BCUT2D eigenvalue weighted by Crippen LogP contribution is -2.28. The van der Waals surface area contributed by atoms with E-state index in [1.54, 1.807) is 0 Å². The fraction of sp³-hybridized carbons (Fsp3) is 0.217. The van der Waals surface area contributed by atoms with Crippen molar-refractivity contribution >= 4 is 0 Å². The monoisotopic (exact) mass is 329 g/mol. The summed E-state index contributed by atoms with van der Waals surface area (Å²) in [5.74, 6) is 0.644. The van der Waals surface area contributed by atoms with Gasteiger partial charge in [-0.3, -0.25) is 4.90 Å². The first-order valence-electron chi connectivity index (χ1n) is 8.92. The molecule has 0 saturated carbocycles. The van der Waals surface area contributed by atoms with Crippen molar-refractivity contribution in [3.8, 4) is 5.75 Å². The quantitative estimate of drug-likeness (QED) is 0.760. The summed E-state index contributed by atoms with van der Waals surface area (Å²) in [6.07, 6.45) is 1.02. The lowest BCUT2D eigenvalue weighted by molar-refractivity contribution is 0.268. The van der Waals surface area contributed by atoms with E-state index >= 15 is 0 Å². The van der Waals surface area contributed by atoms with E-state index in [9.17, 15) is 5.11 Å². The van der Waals surface area contributed by atoms with E-state index < -0.39 is 0 Å². The molecule has 0 aliphatic carbocycles. The fourth-order valence-corrected chi connectivity index (χ4v) is 3.82. The lowest BCUT2D eigenvalue weighted by Gasteiger charge is -2.25. The van der Waals surface area contributed by atoms with E-state index in [0.717, 1.165) is 26.1 Å². The summed E-state index contributed by atoms with van der Waals surface area (Å²) in [5.41, 5.74) is 5.28. The molecule has 2 heteroatoms. The molecule has 25 heavy (non-hydrogen) atoms. The molecule has 0 bridgehead atoms. The predicted molar refractivity (Wildman–Crippen MR) is 102 cm³/mol. The highest BCUT2D eigenvalue weighted by Crippen LogP contribution is 2.33. The molecule has 126 valence electrons. The number of fused-ring (bicyclic) bond motifs is 1. The zero-order valence-electron chi connectivity index (χ0n) is 14.3. The van der Waals surface area contributed by atoms with Crippen LogP contribution in [0.5, 0.6) is 5.75 Å². The molecule has 0 radical (unpaired) electrons. The summed E-state index contributed by atoms with van der Waals surface area (Å²) in [5, 5.41) is 10.0. The lowest BCUT2D eigenvalue weighted by atomic mass is 9.88. The molecule has 0 fully saturated rings. The van der Waals surface area contributed by atoms with E-state index in [0.29, 0.717) is 5.75 Å². The molecule has 1 aliphatic heterocycles. The van der Waals surface area contributed by atoms with Crippen molar-refractivity contribution < 1.29 is 5.11 Å². The summed E-state index contributed by atoms with van der Waals surface area (Å²) >= 11 is 0. The number of benzene rings is 3. The SMILES string of the molecule is Oc1ccc2c(c1)C(c1ccccc1)CN(Cc1ccccc1)CC2. The maximum Gasteiger partial charge on any atom is 0.115 e. The zero-order valence-corrected chi connectivity index (χ0v) is 14.3. The third-order valence-electron chi connectivity index (χ3n) is 5.09. The van der Waals surface area contributed by atoms with Gasteiger partial charge in [-0.05, 0) is 40.8 Å². The Kier molecular flexibility index (Phi) is 4.53. The molecule has 1 aliphatic rings. The van der Waals surface area contributed by atoms with Crippen LogP contribution in [0.1, 0.15) is 28.2 Å². The zero-order chi connectivity index (χ0) is 17.1. The average molecular weight is 329 g/mol. The van der Waals surface area contributed by atoms with Crippen molar-refractivity contribution in [1.82, 2.24) is 4.90 Å². The Morgan fingerprint density at radius 3 is 2.36 bits per heavy atom. The first-order chi connectivity index (χ1) is 12.3. The maximum atomic E-state index is 10.0. The number of phenols is 1. The molecule has 0 aromatic heterocycles. The molecule has 1 N–H and O–H groups in total. The summed E-state index contributed by atoms with van der Waals surface area (Å²) in [6, 6.07) is 27.2. The van der Waals surface area contributed by atoms with Gasteiger partial charge in [0.15, 0.2) is 0 Å². The Bertz CT molecular complexity index is 829. The van der Waals surface area contributed by atoms with Crippen LogP contribution in [0.15, 0.2) is 78.9 Å². The molecule has 1 heterocycles. The Morgan fingerprint density at radius 1 is 0.880 bits per heavy atom. The molecule has 1 unspecified atom stereocenters. The number of rotatable bonds is 3. The van der Waals surface area contributed by atoms with Gasteiger partial charge in [0.05, 0.1) is 0 Å². The van der Waals surface area contributed by atoms with Crippen molar-refractivity contribution in [2.24, 2.45) is 0 Å². The molecule has 2 nitrogen and oxygen atoms in total. The van der Waals surface area contributed by atoms with Crippen molar-refractivity contribution in [3.63, 3.8) is 0 Å². The van der Waals surface area contributed by atoms with Gasteiger partial charge >= 0.3 is 0 Å². The number of phenolic OH excluding ortho intramolecular Hbond substituents is 1. The Balaban J connectivity index is 1.68. The minimum atomic E-state index is 0.287. The summed E-state index contributed by atoms with van der Waals surface area (Å²) in [6.45, 7) is 2.97. The molecule has 0 amide bonds. The molecule has 3 aromatic carbocycles. The molecular weight excluding hydrogens is 306 g/mol. The van der Waals surface area contributed by atoms with E-state index in [-0.39, 0.29) is 5.92 Å². The van der Waals surface area contributed by atoms with Gasteiger partial charge < -0.3 is 5.11 Å². The fourth-order valence-electron chi connectivity index (χ4n) is 3.82. The molecule has 0 spiro atoms. The van der Waals surface area contributed by atoms with Crippen molar-refractivity contribution in [1.29, 1.82) is 0 Å². The van der Waals surface area contributed by atoms with Gasteiger partial charge in [0.1, 0.15) is 5.75 Å². The minimum Gasteiger partial charge on any atom is -0.508 e. The molecule has 3 aromatic rings. The van der Waals surface area contributed by atoms with Crippen LogP contribution >= 0.6 is 0 Å². The van der Waals surface area contributed by atoms with Crippen LogP contribution in [0.2, 0.25) is 0 Å². The summed E-state index contributed by atoms with van der Waals surface area (Å²) in [4.78, 5) is 2.53.